The Balaban J connectivity index is -0.00000000396. The SMILES string of the molecule is C#[O+].C#[O+].C#[O+].C#[O+].C#[O+].C#[O+].C#[O+].C#[O+].C#[O+].C#[O+].C#[O+].C#[O+].[Ir].[Ir].[Ir].[Ir]. The van der Waals surface area contributed by atoms with Gasteiger partial charge in [0.25, 0.3) is 0 Å². The third-order valence-electron chi connectivity index (χ3n) is 0. The fourth-order valence-electron chi connectivity index (χ4n) is 0. The molecule has 0 aliphatic heterocycles. The van der Waals surface area contributed by atoms with E-state index in [0.29, 0.717) is 0 Å². The summed E-state index contributed by atoms with van der Waals surface area (Å²) in [6, 6.07) is 0. The van der Waals surface area contributed by atoms with Crippen molar-refractivity contribution in [3.63, 3.8) is 0 Å². The molecule has 0 bridgehead atoms. The molecule has 0 amide bonds. The maximum Gasteiger partial charge on any atom is 0 e. The van der Waals surface area contributed by atoms with E-state index in [1.165, 1.54) is 0 Å². The van der Waals surface area contributed by atoms with Crippen molar-refractivity contribution in [2.75, 3.05) is 0 Å². The van der Waals surface area contributed by atoms with Gasteiger partial charge >= 0.3 is 136 Å². The Hall–Kier alpha value is -0.523. The second-order valence-electron chi connectivity index (χ2n) is 0. The van der Waals surface area contributed by atoms with Crippen molar-refractivity contribution in [1.29, 1.82) is 0 Å². The Kier molecular flexibility index (Phi) is 329000. The van der Waals surface area contributed by atoms with Crippen molar-refractivity contribution in [3.8, 4) is 79.8 Å². The Bertz CT molecular complexity index is 227. The van der Waals surface area contributed by atoms with Crippen molar-refractivity contribution in [2.45, 2.75) is 0 Å². The molecule has 0 heterocycles. The summed E-state index contributed by atoms with van der Waals surface area (Å²) >= 11 is 0. The van der Waals surface area contributed by atoms with Crippen molar-refractivity contribution in [2.24, 2.45) is 0 Å². The van der Waals surface area contributed by atoms with E-state index in [4.69, 9.17) is 55.8 Å². The molecule has 4 radical (unpaired) electrons. The molecule has 12 nitrogen and oxygen atoms in total. The van der Waals surface area contributed by atoms with Crippen LogP contribution in [0.3, 0.4) is 0 Å². The molecule has 0 aromatic rings. The van der Waals surface area contributed by atoms with Crippen molar-refractivity contribution in [3.05, 3.63) is 0 Å². The van der Waals surface area contributed by atoms with E-state index in [2.05, 4.69) is 79.8 Å². The summed E-state index contributed by atoms with van der Waals surface area (Å²) in [6.45, 7) is 39.0. The summed E-state index contributed by atoms with van der Waals surface area (Å²) in [7, 11) is 0. The van der Waals surface area contributed by atoms with Crippen molar-refractivity contribution < 1.29 is 136 Å². The van der Waals surface area contributed by atoms with Crippen LogP contribution < -0.4 is 0 Å². The molecule has 0 aromatic carbocycles. The van der Waals surface area contributed by atoms with Gasteiger partial charge in [0, 0.05) is 80.4 Å². The van der Waals surface area contributed by atoms with Crippen molar-refractivity contribution in [1.82, 2.24) is 0 Å². The van der Waals surface area contributed by atoms with Gasteiger partial charge in [-0.1, -0.05) is 0 Å². The number of rotatable bonds is 0. The molecule has 0 aliphatic rings. The molecule has 0 aromatic heterocycles. The first-order valence-electron chi connectivity index (χ1n) is 2.83. The van der Waals surface area contributed by atoms with Crippen LogP contribution in [0.5, 0.6) is 0 Å². The summed E-state index contributed by atoms with van der Waals surface area (Å²) in [6.07, 6.45) is 0. The second kappa shape index (κ2) is 62900. The predicted octanol–water partition coefficient (Wildman–Crippen LogP) is 0.0608. The molecular weight excluding hydrogens is 1100 g/mol. The topological polar surface area (TPSA) is 239 Å². The molecule has 0 saturated heterocycles. The van der Waals surface area contributed by atoms with Gasteiger partial charge in [-0.25, -0.2) is 0 Å². The van der Waals surface area contributed by atoms with Crippen LogP contribution in [0.4, 0.5) is 0 Å². The zero-order chi connectivity index (χ0) is 24.0. The average molecular weight is 1120 g/mol. The van der Waals surface area contributed by atoms with Crippen LogP contribution in [0.25, 0.3) is 0 Å². The average Bonchev–Trinajstić information content (AvgIpc) is 2.84. The minimum Gasteiger partial charge on any atom is 0 e. The molecule has 0 saturated carbocycles. The van der Waals surface area contributed by atoms with Crippen LogP contribution in [-0.2, 0) is 136 Å². The number of hydrogen-bond acceptors (Lipinski definition) is 0. The largest absolute Gasteiger partial charge is 0 e. The zero-order valence-corrected chi connectivity index (χ0v) is 22.7. The molecule has 0 spiro atoms. The third kappa shape index (κ3) is 55900. The minimum absolute atomic E-state index is 0. The van der Waals surface area contributed by atoms with Gasteiger partial charge in [0.15, 0.2) is 0 Å². The fourth-order valence-corrected chi connectivity index (χ4v) is 0. The Morgan fingerprint density at radius 1 is 0.143 bits per heavy atom. The molecule has 0 unspecified atom stereocenters. The molecule has 28 heavy (non-hydrogen) atoms. The first kappa shape index (κ1) is 146. The van der Waals surface area contributed by atoms with E-state index in [9.17, 15) is 0 Å². The minimum atomic E-state index is 0. The molecule has 0 rings (SSSR count). The van der Waals surface area contributed by atoms with Crippen LogP contribution in [0.2, 0.25) is 0 Å². The predicted molar refractivity (Wildman–Crippen MR) is 67.6 cm³/mol. The van der Waals surface area contributed by atoms with E-state index in [1.54, 1.807) is 0 Å². The van der Waals surface area contributed by atoms with Crippen LogP contribution in [-0.4, -0.2) is 0 Å². The first-order valence-corrected chi connectivity index (χ1v) is 2.83. The van der Waals surface area contributed by atoms with Crippen LogP contribution in [0.15, 0.2) is 0 Å². The first-order chi connectivity index (χ1) is 12.0. The summed E-state index contributed by atoms with van der Waals surface area (Å²) in [5, 5.41) is 0. The van der Waals surface area contributed by atoms with E-state index >= 15 is 0 Å². The maximum atomic E-state index is 7.75. The molecule has 0 N–H and O–H groups in total. The van der Waals surface area contributed by atoms with Crippen LogP contribution >= 0.6 is 0 Å². The van der Waals surface area contributed by atoms with E-state index in [1.807, 2.05) is 0 Å². The molecule has 0 fully saturated rings. The van der Waals surface area contributed by atoms with Gasteiger partial charge in [-0.3, -0.25) is 0 Å². The maximum absolute atomic E-state index is 7.75. The third-order valence-corrected chi connectivity index (χ3v) is 0. The van der Waals surface area contributed by atoms with Gasteiger partial charge in [0.2, 0.25) is 0 Å². The smallest absolute Gasteiger partial charge is 0 e. The molecular formula is C12H12Ir4O12+12. The monoisotopic (exact) mass is 1120 g/mol. The summed E-state index contributed by atoms with van der Waals surface area (Å²) in [5.74, 6) is 0. The summed E-state index contributed by atoms with van der Waals surface area (Å²) in [4.78, 5) is 0. The van der Waals surface area contributed by atoms with Crippen LogP contribution in [0, 0.1) is 79.8 Å². The van der Waals surface area contributed by atoms with E-state index in [0.717, 1.165) is 0 Å². The van der Waals surface area contributed by atoms with Crippen LogP contribution in [0.1, 0.15) is 0 Å². The van der Waals surface area contributed by atoms with Gasteiger partial charge in [0.05, 0.1) is 0 Å². The van der Waals surface area contributed by atoms with Gasteiger partial charge < -0.3 is 0 Å². The Morgan fingerprint density at radius 3 is 0.143 bits per heavy atom. The van der Waals surface area contributed by atoms with Crippen molar-refractivity contribution >= 4 is 0 Å². The second-order valence-corrected chi connectivity index (χ2v) is 0. The molecule has 16 heteroatoms. The molecule has 156 valence electrons. The van der Waals surface area contributed by atoms with E-state index in [-0.39, 0.29) is 80.4 Å². The van der Waals surface area contributed by atoms with Gasteiger partial charge in [-0.05, 0) is 0 Å². The molecule has 0 atom stereocenters. The van der Waals surface area contributed by atoms with E-state index < -0.39 is 0 Å². The quantitative estimate of drug-likeness (QED) is 0.293. The summed E-state index contributed by atoms with van der Waals surface area (Å²) < 4.78 is 93.0. The summed E-state index contributed by atoms with van der Waals surface area (Å²) in [5.41, 5.74) is 0. The Labute approximate surface area is 214 Å². The zero-order valence-electron chi connectivity index (χ0n) is 13.2. The van der Waals surface area contributed by atoms with Gasteiger partial charge in [-0.15, -0.1) is 0 Å². The van der Waals surface area contributed by atoms with Gasteiger partial charge in [0.1, 0.15) is 0 Å². The molecule has 0 aliphatic carbocycles. The Morgan fingerprint density at radius 2 is 0.143 bits per heavy atom. The number of hydrogen-bond donors (Lipinski definition) is 0. The normalized spacial score (nSPS) is 0.857. The van der Waals surface area contributed by atoms with Gasteiger partial charge in [-0.2, -0.15) is 0 Å². The standard InChI is InChI=1S/12CHO.4Ir/c12*1-2;;;;/h12*1H;;;;/q12*+1;;;;. The fraction of sp³-hybridized carbons (Fsp3) is 0.